The number of benzene rings is 1. The molecule has 0 fully saturated rings. The standard InChI is InChI=1S/C13H11ClF3N3O/c14-10-5-2-6-19-12(10)11(20-18)8-3-1-4-9(7-8)21-13(15,16)17/h1-7,11,20H,18H2. The lowest BCUT2D eigenvalue weighted by Crippen LogP contribution is -2.29. The van der Waals surface area contributed by atoms with E-state index in [9.17, 15) is 13.2 Å². The highest BCUT2D eigenvalue weighted by atomic mass is 35.5. The van der Waals surface area contributed by atoms with Gasteiger partial charge in [-0.25, -0.2) is 5.43 Å². The van der Waals surface area contributed by atoms with Crippen LogP contribution in [0.4, 0.5) is 13.2 Å². The Balaban J connectivity index is 2.35. The molecule has 2 aromatic rings. The van der Waals surface area contributed by atoms with Crippen molar-refractivity contribution >= 4 is 11.6 Å². The number of rotatable bonds is 4. The summed E-state index contributed by atoms with van der Waals surface area (Å²) < 4.78 is 40.6. The second kappa shape index (κ2) is 6.30. The van der Waals surface area contributed by atoms with E-state index >= 15 is 0 Å². The van der Waals surface area contributed by atoms with Gasteiger partial charge in [0.05, 0.1) is 16.8 Å². The maximum atomic E-state index is 12.2. The van der Waals surface area contributed by atoms with Gasteiger partial charge in [0.25, 0.3) is 0 Å². The third-order valence-electron chi connectivity index (χ3n) is 2.65. The number of nitrogens with two attached hydrogens (primary N) is 1. The Morgan fingerprint density at radius 1 is 1.24 bits per heavy atom. The number of aromatic nitrogens is 1. The maximum Gasteiger partial charge on any atom is 0.573 e. The van der Waals surface area contributed by atoms with Crippen LogP contribution in [-0.4, -0.2) is 11.3 Å². The summed E-state index contributed by atoms with van der Waals surface area (Å²) in [6, 6.07) is 8.05. The molecular formula is C13H11ClF3N3O. The lowest BCUT2D eigenvalue weighted by Gasteiger charge is -2.18. The molecule has 1 atom stereocenters. The monoisotopic (exact) mass is 317 g/mol. The molecule has 0 amide bonds. The Morgan fingerprint density at radius 3 is 2.62 bits per heavy atom. The lowest BCUT2D eigenvalue weighted by atomic mass is 10.0. The zero-order valence-corrected chi connectivity index (χ0v) is 11.3. The summed E-state index contributed by atoms with van der Waals surface area (Å²) in [4.78, 5) is 4.09. The summed E-state index contributed by atoms with van der Waals surface area (Å²) in [5.41, 5.74) is 3.33. The molecule has 0 aliphatic rings. The number of pyridine rings is 1. The first-order valence-electron chi connectivity index (χ1n) is 5.83. The van der Waals surface area contributed by atoms with Gasteiger partial charge in [0.15, 0.2) is 0 Å². The van der Waals surface area contributed by atoms with Crippen LogP contribution >= 0.6 is 11.6 Å². The summed E-state index contributed by atoms with van der Waals surface area (Å²) in [7, 11) is 0. The molecule has 4 nitrogen and oxygen atoms in total. The number of halogens is 4. The van der Waals surface area contributed by atoms with Gasteiger partial charge in [-0.05, 0) is 29.8 Å². The predicted molar refractivity (Wildman–Crippen MR) is 71.5 cm³/mol. The third kappa shape index (κ3) is 4.07. The Hall–Kier alpha value is -1.83. The minimum Gasteiger partial charge on any atom is -0.406 e. The smallest absolute Gasteiger partial charge is 0.406 e. The average Bonchev–Trinajstić information content (AvgIpc) is 2.40. The van der Waals surface area contributed by atoms with E-state index in [1.807, 2.05) is 0 Å². The molecule has 0 spiro atoms. The number of hydrogen-bond donors (Lipinski definition) is 2. The molecule has 21 heavy (non-hydrogen) atoms. The van der Waals surface area contributed by atoms with E-state index in [0.29, 0.717) is 16.3 Å². The van der Waals surface area contributed by atoms with Crippen molar-refractivity contribution < 1.29 is 17.9 Å². The minimum atomic E-state index is -4.76. The van der Waals surface area contributed by atoms with Crippen LogP contribution in [0.2, 0.25) is 5.02 Å². The fraction of sp³-hybridized carbons (Fsp3) is 0.154. The van der Waals surface area contributed by atoms with Crippen LogP contribution in [0.15, 0.2) is 42.6 Å². The summed E-state index contributed by atoms with van der Waals surface area (Å²) in [6.07, 6.45) is -3.24. The summed E-state index contributed by atoms with van der Waals surface area (Å²) in [5.74, 6) is 5.13. The van der Waals surface area contributed by atoms with Crippen LogP contribution in [0.1, 0.15) is 17.3 Å². The summed E-state index contributed by atoms with van der Waals surface area (Å²) in [6.45, 7) is 0. The summed E-state index contributed by atoms with van der Waals surface area (Å²) in [5, 5.41) is 0.350. The second-order valence-electron chi connectivity index (χ2n) is 4.09. The highest BCUT2D eigenvalue weighted by Gasteiger charge is 2.31. The molecule has 1 aromatic carbocycles. The molecule has 1 aromatic heterocycles. The zero-order chi connectivity index (χ0) is 15.5. The zero-order valence-electron chi connectivity index (χ0n) is 10.6. The Morgan fingerprint density at radius 2 is 2.00 bits per heavy atom. The van der Waals surface area contributed by atoms with Crippen molar-refractivity contribution in [3.63, 3.8) is 0 Å². The Labute approximate surface area is 123 Å². The molecule has 112 valence electrons. The van der Waals surface area contributed by atoms with E-state index in [0.717, 1.165) is 0 Å². The van der Waals surface area contributed by atoms with Crippen LogP contribution in [0.5, 0.6) is 5.75 Å². The third-order valence-corrected chi connectivity index (χ3v) is 2.97. The van der Waals surface area contributed by atoms with E-state index < -0.39 is 12.4 Å². The first-order chi connectivity index (χ1) is 9.90. The van der Waals surface area contributed by atoms with E-state index in [4.69, 9.17) is 17.4 Å². The Kier molecular flexibility index (Phi) is 4.66. The molecule has 1 unspecified atom stereocenters. The van der Waals surface area contributed by atoms with Gasteiger partial charge >= 0.3 is 6.36 Å². The fourth-order valence-electron chi connectivity index (χ4n) is 1.83. The summed E-state index contributed by atoms with van der Waals surface area (Å²) >= 11 is 6.02. The molecule has 1 heterocycles. The normalized spacial score (nSPS) is 13.0. The first kappa shape index (κ1) is 15.6. The molecular weight excluding hydrogens is 307 g/mol. The molecule has 0 saturated heterocycles. The number of ether oxygens (including phenoxy) is 1. The highest BCUT2D eigenvalue weighted by molar-refractivity contribution is 6.31. The first-order valence-corrected chi connectivity index (χ1v) is 6.21. The largest absolute Gasteiger partial charge is 0.573 e. The molecule has 3 N–H and O–H groups in total. The van der Waals surface area contributed by atoms with Gasteiger partial charge in [-0.15, -0.1) is 13.2 Å². The van der Waals surface area contributed by atoms with Crippen molar-refractivity contribution in [3.8, 4) is 5.75 Å². The van der Waals surface area contributed by atoms with Crippen molar-refractivity contribution in [3.05, 3.63) is 58.9 Å². The Bertz CT molecular complexity index is 622. The van der Waals surface area contributed by atoms with E-state index in [-0.39, 0.29) is 5.75 Å². The van der Waals surface area contributed by atoms with Crippen molar-refractivity contribution in [1.82, 2.24) is 10.4 Å². The number of hydrazine groups is 1. The van der Waals surface area contributed by atoms with Crippen molar-refractivity contribution in [2.45, 2.75) is 12.4 Å². The molecule has 0 bridgehead atoms. The van der Waals surface area contributed by atoms with E-state index in [2.05, 4.69) is 15.1 Å². The van der Waals surface area contributed by atoms with Gasteiger partial charge in [-0.3, -0.25) is 10.8 Å². The van der Waals surface area contributed by atoms with Crippen LogP contribution < -0.4 is 16.0 Å². The van der Waals surface area contributed by atoms with Crippen molar-refractivity contribution in [2.75, 3.05) is 0 Å². The molecule has 0 aliphatic heterocycles. The van der Waals surface area contributed by atoms with Crippen LogP contribution in [0.3, 0.4) is 0 Å². The molecule has 2 rings (SSSR count). The second-order valence-corrected chi connectivity index (χ2v) is 4.50. The SMILES string of the molecule is NNC(c1cccc(OC(F)(F)F)c1)c1ncccc1Cl. The van der Waals surface area contributed by atoms with Crippen LogP contribution in [-0.2, 0) is 0 Å². The molecule has 8 heteroatoms. The van der Waals surface area contributed by atoms with Gasteiger partial charge < -0.3 is 4.74 Å². The van der Waals surface area contributed by atoms with Gasteiger partial charge in [0, 0.05) is 6.20 Å². The van der Waals surface area contributed by atoms with Crippen molar-refractivity contribution in [1.29, 1.82) is 0 Å². The number of alkyl halides is 3. The predicted octanol–water partition coefficient (Wildman–Crippen LogP) is 3.19. The fourth-order valence-corrected chi connectivity index (χ4v) is 2.07. The van der Waals surface area contributed by atoms with Gasteiger partial charge in [0.2, 0.25) is 0 Å². The molecule has 0 aliphatic carbocycles. The van der Waals surface area contributed by atoms with Crippen LogP contribution in [0.25, 0.3) is 0 Å². The number of nitrogens with zero attached hydrogens (tertiary/aromatic N) is 1. The molecule has 0 radical (unpaired) electrons. The van der Waals surface area contributed by atoms with Crippen LogP contribution in [0, 0.1) is 0 Å². The minimum absolute atomic E-state index is 0.340. The van der Waals surface area contributed by atoms with E-state index in [1.165, 1.54) is 24.4 Å². The highest BCUT2D eigenvalue weighted by Crippen LogP contribution is 2.29. The molecule has 0 saturated carbocycles. The van der Waals surface area contributed by atoms with Gasteiger partial charge in [-0.2, -0.15) is 0 Å². The van der Waals surface area contributed by atoms with Gasteiger partial charge in [-0.1, -0.05) is 23.7 Å². The van der Waals surface area contributed by atoms with E-state index in [1.54, 1.807) is 18.2 Å². The quantitative estimate of drug-likeness (QED) is 0.671. The van der Waals surface area contributed by atoms with Gasteiger partial charge in [0.1, 0.15) is 5.75 Å². The number of nitrogens with one attached hydrogen (secondary N) is 1. The average molecular weight is 318 g/mol. The lowest BCUT2D eigenvalue weighted by molar-refractivity contribution is -0.274. The number of hydrogen-bond acceptors (Lipinski definition) is 4. The maximum absolute atomic E-state index is 12.2. The topological polar surface area (TPSA) is 60.2 Å². The van der Waals surface area contributed by atoms with Crippen molar-refractivity contribution in [2.24, 2.45) is 5.84 Å².